The molecule has 0 saturated heterocycles. The van der Waals surface area contributed by atoms with Crippen LogP contribution in [0.4, 0.5) is 5.69 Å². The van der Waals surface area contributed by atoms with Gasteiger partial charge in [-0.1, -0.05) is 0 Å². The molecule has 1 amide bonds. The Hall–Kier alpha value is -4.66. The first-order valence-electron chi connectivity index (χ1n) is 10.4. The molecule has 3 heterocycles. The lowest BCUT2D eigenvalue weighted by atomic mass is 10.0. The number of nitrogens with one attached hydrogen (secondary N) is 1. The second-order valence-electron chi connectivity index (χ2n) is 7.56. The number of anilines is 1. The van der Waals surface area contributed by atoms with E-state index in [1.807, 2.05) is 0 Å². The van der Waals surface area contributed by atoms with Gasteiger partial charge in [0.1, 0.15) is 12.3 Å². The number of pyridine rings is 2. The highest BCUT2D eigenvalue weighted by Crippen LogP contribution is 2.34. The molecule has 0 bridgehead atoms. The van der Waals surface area contributed by atoms with Crippen LogP contribution < -0.4 is 25.0 Å². The van der Waals surface area contributed by atoms with Crippen LogP contribution in [0.25, 0.3) is 10.9 Å². The lowest BCUT2D eigenvalue weighted by Gasteiger charge is -2.14. The third-order valence-corrected chi connectivity index (χ3v) is 5.45. The van der Waals surface area contributed by atoms with Gasteiger partial charge in [-0.25, -0.2) is 0 Å². The molecule has 2 aromatic carbocycles. The van der Waals surface area contributed by atoms with Crippen LogP contribution in [0.2, 0.25) is 0 Å². The number of rotatable bonds is 6. The molecule has 34 heavy (non-hydrogen) atoms. The second kappa shape index (κ2) is 8.70. The summed E-state index contributed by atoms with van der Waals surface area (Å²) in [6.07, 6.45) is 4.37. The molecule has 0 radical (unpaired) electrons. The first-order valence-corrected chi connectivity index (χ1v) is 10.4. The van der Waals surface area contributed by atoms with E-state index in [1.165, 1.54) is 37.8 Å². The van der Waals surface area contributed by atoms with Gasteiger partial charge in [0.05, 0.1) is 18.2 Å². The zero-order valence-corrected chi connectivity index (χ0v) is 18.1. The van der Waals surface area contributed by atoms with Crippen molar-refractivity contribution in [3.05, 3.63) is 88.5 Å². The highest BCUT2D eigenvalue weighted by Gasteiger charge is 2.19. The zero-order valence-electron chi connectivity index (χ0n) is 18.1. The maximum absolute atomic E-state index is 13.2. The number of benzene rings is 2. The van der Waals surface area contributed by atoms with Crippen LogP contribution in [-0.2, 0) is 11.3 Å². The molecule has 2 aromatic heterocycles. The molecule has 0 fully saturated rings. The minimum Gasteiger partial charge on any atom is -0.497 e. The normalized spacial score (nSPS) is 11.9. The van der Waals surface area contributed by atoms with E-state index in [0.29, 0.717) is 39.4 Å². The molecular weight excluding hydrogens is 438 g/mol. The molecular formula is C25H19N3O6. The number of aromatic nitrogens is 2. The average Bonchev–Trinajstić information content (AvgIpc) is 3.33. The van der Waals surface area contributed by atoms with Crippen LogP contribution in [-0.4, -0.2) is 35.1 Å². The van der Waals surface area contributed by atoms with E-state index in [4.69, 9.17) is 14.2 Å². The molecule has 4 aromatic rings. The summed E-state index contributed by atoms with van der Waals surface area (Å²) in [5.74, 6) is 0.867. The van der Waals surface area contributed by atoms with E-state index in [0.717, 1.165) is 0 Å². The SMILES string of the molecule is COc1ccc2c(=O)c(C(=O)c3ccncc3)cn(CC(=O)Nc3ccc4c(c3)OCO4)c2c1. The van der Waals surface area contributed by atoms with Crippen molar-refractivity contribution >= 4 is 28.3 Å². The van der Waals surface area contributed by atoms with Crippen LogP contribution in [0.3, 0.4) is 0 Å². The molecule has 9 heteroatoms. The molecule has 0 saturated carbocycles. The number of amides is 1. The first-order chi connectivity index (χ1) is 16.5. The third-order valence-electron chi connectivity index (χ3n) is 5.45. The lowest BCUT2D eigenvalue weighted by Crippen LogP contribution is -2.24. The Morgan fingerprint density at radius 2 is 1.85 bits per heavy atom. The summed E-state index contributed by atoms with van der Waals surface area (Å²) in [5, 5.41) is 3.11. The molecule has 0 spiro atoms. The van der Waals surface area contributed by atoms with Gasteiger partial charge in [0.2, 0.25) is 18.1 Å². The molecule has 0 aliphatic carbocycles. The van der Waals surface area contributed by atoms with E-state index >= 15 is 0 Å². The highest BCUT2D eigenvalue weighted by atomic mass is 16.7. The van der Waals surface area contributed by atoms with Gasteiger partial charge in [0, 0.05) is 47.4 Å². The molecule has 170 valence electrons. The van der Waals surface area contributed by atoms with Crippen molar-refractivity contribution in [3.63, 3.8) is 0 Å². The van der Waals surface area contributed by atoms with E-state index in [-0.39, 0.29) is 24.8 Å². The topological polar surface area (TPSA) is 109 Å². The largest absolute Gasteiger partial charge is 0.497 e. The van der Waals surface area contributed by atoms with Crippen LogP contribution in [0, 0.1) is 0 Å². The fourth-order valence-corrected chi connectivity index (χ4v) is 3.78. The van der Waals surface area contributed by atoms with Crippen molar-refractivity contribution in [3.8, 4) is 17.2 Å². The zero-order chi connectivity index (χ0) is 23.7. The molecule has 1 aliphatic heterocycles. The number of hydrogen-bond acceptors (Lipinski definition) is 7. The minimum atomic E-state index is -0.449. The van der Waals surface area contributed by atoms with E-state index in [2.05, 4.69) is 10.3 Å². The third kappa shape index (κ3) is 3.95. The van der Waals surface area contributed by atoms with Crippen LogP contribution in [0.15, 0.2) is 71.9 Å². The average molecular weight is 457 g/mol. The summed E-state index contributed by atoms with van der Waals surface area (Å²) < 4.78 is 17.5. The molecule has 1 N–H and O–H groups in total. The van der Waals surface area contributed by atoms with Gasteiger partial charge in [0.25, 0.3) is 0 Å². The molecule has 5 rings (SSSR count). The van der Waals surface area contributed by atoms with Gasteiger partial charge >= 0.3 is 0 Å². The van der Waals surface area contributed by atoms with Crippen molar-refractivity contribution in [2.45, 2.75) is 6.54 Å². The van der Waals surface area contributed by atoms with E-state index in [1.54, 1.807) is 41.0 Å². The summed E-state index contributed by atoms with van der Waals surface area (Å²) in [7, 11) is 1.51. The van der Waals surface area contributed by atoms with Crippen molar-refractivity contribution in [1.29, 1.82) is 0 Å². The fourth-order valence-electron chi connectivity index (χ4n) is 3.78. The predicted octanol–water partition coefficient (Wildman–Crippen LogP) is 3.00. The monoisotopic (exact) mass is 457 g/mol. The van der Waals surface area contributed by atoms with Gasteiger partial charge in [0.15, 0.2) is 17.3 Å². The maximum atomic E-state index is 13.2. The van der Waals surface area contributed by atoms with Gasteiger partial charge in [-0.3, -0.25) is 19.4 Å². The van der Waals surface area contributed by atoms with Gasteiger partial charge in [-0.15, -0.1) is 0 Å². The number of nitrogens with zero attached hydrogens (tertiary/aromatic N) is 2. The number of carbonyl (C=O) groups is 2. The van der Waals surface area contributed by atoms with Gasteiger partial charge in [-0.2, -0.15) is 0 Å². The Morgan fingerprint density at radius 3 is 2.65 bits per heavy atom. The maximum Gasteiger partial charge on any atom is 0.244 e. The fraction of sp³-hybridized carbons (Fsp3) is 0.120. The Morgan fingerprint density at radius 1 is 1.06 bits per heavy atom. The van der Waals surface area contributed by atoms with E-state index in [9.17, 15) is 14.4 Å². The highest BCUT2D eigenvalue weighted by molar-refractivity contribution is 6.10. The standard InChI is InChI=1S/C25H19N3O6/c1-32-17-3-4-18-20(11-17)28(12-19(25(18)31)24(30)15-6-8-26-9-7-15)13-23(29)27-16-2-5-21-22(10-16)34-14-33-21/h2-12H,13-14H2,1H3,(H,27,29). The number of fused-ring (bicyclic) bond motifs is 2. The number of methoxy groups -OCH3 is 1. The van der Waals surface area contributed by atoms with E-state index < -0.39 is 11.2 Å². The summed E-state index contributed by atoms with van der Waals surface area (Å²) in [5.41, 5.74) is 0.865. The number of carbonyl (C=O) groups excluding carboxylic acids is 2. The molecule has 1 aliphatic rings. The summed E-state index contributed by atoms with van der Waals surface area (Å²) >= 11 is 0. The smallest absolute Gasteiger partial charge is 0.244 e. The van der Waals surface area contributed by atoms with Crippen LogP contribution in [0.1, 0.15) is 15.9 Å². The van der Waals surface area contributed by atoms with Gasteiger partial charge < -0.3 is 24.1 Å². The number of ketones is 1. The number of hydrogen-bond donors (Lipinski definition) is 1. The Bertz CT molecular complexity index is 1480. The quantitative estimate of drug-likeness (QED) is 0.444. The van der Waals surface area contributed by atoms with Gasteiger partial charge in [-0.05, 0) is 36.4 Å². The molecule has 0 unspecified atom stereocenters. The van der Waals surface area contributed by atoms with Crippen molar-refractivity contribution in [2.75, 3.05) is 19.2 Å². The molecule has 0 atom stereocenters. The van der Waals surface area contributed by atoms with Crippen molar-refractivity contribution in [2.24, 2.45) is 0 Å². The Balaban J connectivity index is 1.53. The Labute approximate surface area is 193 Å². The Kier molecular flexibility index (Phi) is 5.43. The summed E-state index contributed by atoms with van der Waals surface area (Å²) in [6, 6.07) is 13.1. The summed E-state index contributed by atoms with van der Waals surface area (Å²) in [6.45, 7) is -0.0127. The predicted molar refractivity (Wildman–Crippen MR) is 124 cm³/mol. The summed E-state index contributed by atoms with van der Waals surface area (Å²) in [4.78, 5) is 43.1. The lowest BCUT2D eigenvalue weighted by molar-refractivity contribution is -0.116. The van der Waals surface area contributed by atoms with Crippen molar-refractivity contribution < 1.29 is 23.8 Å². The van der Waals surface area contributed by atoms with Crippen LogP contribution in [0.5, 0.6) is 17.2 Å². The van der Waals surface area contributed by atoms with Crippen molar-refractivity contribution in [1.82, 2.24) is 9.55 Å². The molecule has 9 nitrogen and oxygen atoms in total. The minimum absolute atomic E-state index is 0.0419. The second-order valence-corrected chi connectivity index (χ2v) is 7.56. The van der Waals surface area contributed by atoms with Crippen LogP contribution >= 0.6 is 0 Å². The first kappa shape index (κ1) is 21.2. The number of ether oxygens (including phenoxy) is 3.